The Hall–Kier alpha value is -3.13. The molecule has 0 radical (unpaired) electrons. The third kappa shape index (κ3) is 2.68. The maximum atomic E-state index is 2.35. The minimum atomic E-state index is 0.992. The Morgan fingerprint density at radius 2 is 1.82 bits per heavy atom. The zero-order valence-electron chi connectivity index (χ0n) is 16.7. The molecule has 0 unspecified atom stereocenters. The topological polar surface area (TPSA) is 6.25 Å². The van der Waals surface area contributed by atoms with Gasteiger partial charge in [-0.1, -0.05) is 54.1 Å². The van der Waals surface area contributed by atoms with Gasteiger partial charge in [0.2, 0.25) is 5.69 Å². The molecule has 0 saturated carbocycles. The molecule has 3 aromatic carbocycles. The molecular weight excluding hydrogens is 340 g/mol. The summed E-state index contributed by atoms with van der Waals surface area (Å²) in [5.74, 6) is 0. The van der Waals surface area contributed by atoms with E-state index in [0.29, 0.717) is 0 Å². The lowest BCUT2D eigenvalue weighted by Gasteiger charge is -2.14. The van der Waals surface area contributed by atoms with Crippen LogP contribution in [-0.4, -0.2) is 24.4 Å². The van der Waals surface area contributed by atoms with Gasteiger partial charge in [-0.2, -0.15) is 4.58 Å². The number of aryl methyl sites for hydroxylation is 1. The van der Waals surface area contributed by atoms with Crippen molar-refractivity contribution in [3.63, 3.8) is 0 Å². The highest BCUT2D eigenvalue weighted by Gasteiger charge is 2.27. The maximum absolute atomic E-state index is 2.35. The molecule has 0 bridgehead atoms. The number of fused-ring (bicyclic) bond motifs is 4. The van der Waals surface area contributed by atoms with Crippen LogP contribution in [0.4, 0.5) is 11.4 Å². The van der Waals surface area contributed by atoms with Gasteiger partial charge in [0.15, 0.2) is 5.71 Å². The Balaban J connectivity index is 1.44. The fourth-order valence-corrected chi connectivity index (χ4v) is 4.56. The van der Waals surface area contributed by atoms with Crippen molar-refractivity contribution in [1.82, 2.24) is 0 Å². The lowest BCUT2D eigenvalue weighted by molar-refractivity contribution is -0.399. The number of allylic oxidation sites excluding steroid dienone is 4. The van der Waals surface area contributed by atoms with E-state index in [9.17, 15) is 0 Å². The number of benzene rings is 3. The van der Waals surface area contributed by atoms with Gasteiger partial charge in [-0.15, -0.1) is 0 Å². The first kappa shape index (κ1) is 17.0. The number of hydrogen-bond donors (Lipinski definition) is 0. The van der Waals surface area contributed by atoms with Crippen molar-refractivity contribution < 1.29 is 4.58 Å². The van der Waals surface area contributed by atoms with Gasteiger partial charge >= 0.3 is 0 Å². The highest BCUT2D eigenvalue weighted by atomic mass is 15.1. The Morgan fingerprint density at radius 3 is 2.71 bits per heavy atom. The van der Waals surface area contributed by atoms with Crippen LogP contribution in [0.5, 0.6) is 0 Å². The first-order chi connectivity index (χ1) is 13.6. The van der Waals surface area contributed by atoms with Gasteiger partial charge in [-0.3, -0.25) is 0 Å². The summed E-state index contributed by atoms with van der Waals surface area (Å²) >= 11 is 0. The summed E-state index contributed by atoms with van der Waals surface area (Å²) in [5.41, 5.74) is 9.54. The van der Waals surface area contributed by atoms with Crippen LogP contribution in [0.1, 0.15) is 16.7 Å². The van der Waals surface area contributed by atoms with Crippen molar-refractivity contribution in [2.45, 2.75) is 19.8 Å². The van der Waals surface area contributed by atoms with E-state index < -0.39 is 0 Å². The molecule has 0 aliphatic carbocycles. The first-order valence-electron chi connectivity index (χ1n) is 9.92. The summed E-state index contributed by atoms with van der Waals surface area (Å²) in [4.78, 5) is 2.31. The largest absolute Gasteiger partial charge is 0.348 e. The van der Waals surface area contributed by atoms with E-state index in [4.69, 9.17) is 0 Å². The first-order valence-corrected chi connectivity index (χ1v) is 9.92. The molecule has 2 nitrogen and oxygen atoms in total. The van der Waals surface area contributed by atoms with Crippen molar-refractivity contribution >= 4 is 27.9 Å². The van der Waals surface area contributed by atoms with E-state index in [1.807, 2.05) is 0 Å². The van der Waals surface area contributed by atoms with Crippen LogP contribution in [0.3, 0.4) is 0 Å². The molecule has 3 aromatic rings. The normalized spacial score (nSPS) is 17.2. The fraction of sp³-hybridized carbons (Fsp3) is 0.192. The summed E-state index contributed by atoms with van der Waals surface area (Å²) < 4.78 is 2.35. The maximum Gasteiger partial charge on any atom is 0.216 e. The van der Waals surface area contributed by atoms with Gasteiger partial charge in [-0.05, 0) is 36.1 Å². The molecule has 0 N–H and O–H groups in total. The van der Waals surface area contributed by atoms with E-state index in [2.05, 4.69) is 103 Å². The molecule has 0 amide bonds. The molecule has 0 spiro atoms. The molecule has 2 heterocycles. The molecule has 28 heavy (non-hydrogen) atoms. The summed E-state index contributed by atoms with van der Waals surface area (Å²) in [6.07, 6.45) is 8.74. The van der Waals surface area contributed by atoms with Gasteiger partial charge in [-0.25, -0.2) is 0 Å². The average Bonchev–Trinajstić information content (AvgIpc) is 3.19. The summed E-state index contributed by atoms with van der Waals surface area (Å²) in [6, 6.07) is 19.9. The van der Waals surface area contributed by atoms with Crippen LogP contribution >= 0.6 is 0 Å². The van der Waals surface area contributed by atoms with Crippen molar-refractivity contribution in [3.05, 3.63) is 95.2 Å². The predicted octanol–water partition coefficient (Wildman–Crippen LogP) is 5.55. The van der Waals surface area contributed by atoms with Crippen LogP contribution in [0.2, 0.25) is 0 Å². The smallest absolute Gasteiger partial charge is 0.216 e. The lowest BCUT2D eigenvalue weighted by atomic mass is 10.0. The van der Waals surface area contributed by atoms with E-state index in [-0.39, 0.29) is 0 Å². The molecule has 138 valence electrons. The van der Waals surface area contributed by atoms with Crippen LogP contribution in [0.25, 0.3) is 10.8 Å². The number of hydrogen-bond acceptors (Lipinski definition) is 1. The zero-order valence-corrected chi connectivity index (χ0v) is 16.7. The van der Waals surface area contributed by atoms with Crippen molar-refractivity contribution in [1.29, 1.82) is 0 Å². The summed E-state index contributed by atoms with van der Waals surface area (Å²) in [7, 11) is 4.35. The van der Waals surface area contributed by atoms with Gasteiger partial charge < -0.3 is 4.90 Å². The van der Waals surface area contributed by atoms with Crippen LogP contribution in [0, 0.1) is 6.92 Å². The molecule has 2 aliphatic heterocycles. The number of likely N-dealkylation sites (N-methyl/N-ethyl adjacent to an activating group) is 1. The third-order valence-electron chi connectivity index (χ3n) is 6.10. The van der Waals surface area contributed by atoms with Gasteiger partial charge in [0, 0.05) is 36.5 Å². The summed E-state index contributed by atoms with van der Waals surface area (Å²) in [5, 5.41) is 2.65. The number of rotatable bonds is 2. The van der Waals surface area contributed by atoms with Crippen molar-refractivity contribution in [3.8, 4) is 0 Å². The highest BCUT2D eigenvalue weighted by Crippen LogP contribution is 2.35. The van der Waals surface area contributed by atoms with Crippen LogP contribution in [0.15, 0.2) is 78.5 Å². The van der Waals surface area contributed by atoms with Crippen LogP contribution in [-0.2, 0) is 12.8 Å². The van der Waals surface area contributed by atoms with Gasteiger partial charge in [0.05, 0.1) is 11.8 Å². The highest BCUT2D eigenvalue weighted by molar-refractivity contribution is 6.02. The zero-order chi connectivity index (χ0) is 19.3. The molecular formula is C26H25N2+. The average molecular weight is 366 g/mol. The Kier molecular flexibility index (Phi) is 3.94. The van der Waals surface area contributed by atoms with Gasteiger partial charge in [0.1, 0.15) is 7.05 Å². The van der Waals surface area contributed by atoms with E-state index in [1.54, 1.807) is 0 Å². The second kappa shape index (κ2) is 6.49. The SMILES string of the molecule is Cc1ccc2c(c1)CC(=CC=CC1=[N+](C)c3c(ccc4ccccc34)C1)N2C. The summed E-state index contributed by atoms with van der Waals surface area (Å²) in [6.45, 7) is 2.16. The second-order valence-electron chi connectivity index (χ2n) is 7.91. The Labute approximate surface area is 166 Å². The standard InChI is InChI=1S/C26H25N2/c1-18-11-14-25-21(15-18)17-22(27(25)2)8-6-9-23-16-20-13-12-19-7-4-5-10-24(19)26(20)28(23)3/h4-15H,16-17H2,1-3H3/q+1. The molecule has 0 aromatic heterocycles. The second-order valence-corrected chi connectivity index (χ2v) is 7.91. The van der Waals surface area contributed by atoms with E-state index in [0.717, 1.165) is 12.8 Å². The number of anilines is 1. The molecule has 0 fully saturated rings. The van der Waals surface area contributed by atoms with Gasteiger partial charge in [0.25, 0.3) is 0 Å². The van der Waals surface area contributed by atoms with Crippen LogP contribution < -0.4 is 4.90 Å². The molecule has 2 heteroatoms. The monoisotopic (exact) mass is 365 g/mol. The third-order valence-corrected chi connectivity index (χ3v) is 6.10. The minimum absolute atomic E-state index is 0.992. The fourth-order valence-electron chi connectivity index (χ4n) is 4.56. The Bertz CT molecular complexity index is 1190. The molecule has 2 aliphatic rings. The molecule has 5 rings (SSSR count). The number of nitrogens with zero attached hydrogens (tertiary/aromatic N) is 2. The quantitative estimate of drug-likeness (QED) is 0.540. The van der Waals surface area contributed by atoms with Crippen molar-refractivity contribution in [2.24, 2.45) is 0 Å². The lowest BCUT2D eigenvalue weighted by Crippen LogP contribution is -2.10. The van der Waals surface area contributed by atoms with Crippen molar-refractivity contribution in [2.75, 3.05) is 19.0 Å². The molecule has 0 saturated heterocycles. The Morgan fingerprint density at radius 1 is 0.964 bits per heavy atom. The predicted molar refractivity (Wildman–Crippen MR) is 119 cm³/mol. The van der Waals surface area contributed by atoms with E-state index >= 15 is 0 Å². The molecule has 0 atom stereocenters. The van der Waals surface area contributed by atoms with E-state index in [1.165, 1.54) is 50.2 Å². The minimum Gasteiger partial charge on any atom is -0.348 e.